The van der Waals surface area contributed by atoms with Crippen LogP contribution in [0.15, 0.2) is 42.5 Å². The molecule has 2 aliphatic rings. The molecule has 1 atom stereocenters. The molecule has 30 heavy (non-hydrogen) atoms. The van der Waals surface area contributed by atoms with Crippen molar-refractivity contribution in [3.8, 4) is 11.5 Å². The Morgan fingerprint density at radius 1 is 1.17 bits per heavy atom. The molecule has 0 N–H and O–H groups in total. The molecule has 0 aliphatic carbocycles. The molecule has 7 nitrogen and oxygen atoms in total. The van der Waals surface area contributed by atoms with Crippen LogP contribution in [0.3, 0.4) is 0 Å². The van der Waals surface area contributed by atoms with E-state index in [9.17, 15) is 10.1 Å². The van der Waals surface area contributed by atoms with Crippen LogP contribution in [0.25, 0.3) is 0 Å². The lowest BCUT2D eigenvalue weighted by Gasteiger charge is -2.37. The molecule has 0 spiro atoms. The molecule has 2 aliphatic heterocycles. The number of benzene rings is 2. The van der Waals surface area contributed by atoms with E-state index >= 15 is 0 Å². The van der Waals surface area contributed by atoms with E-state index in [1.54, 1.807) is 6.07 Å². The van der Waals surface area contributed by atoms with Gasteiger partial charge in [0.25, 0.3) is 0 Å². The fraction of sp³-hybridized carbons (Fsp3) is 0.455. The molecule has 4 rings (SSSR count). The third-order valence-electron chi connectivity index (χ3n) is 5.97. The monoisotopic (exact) mass is 433 g/mol. The van der Waals surface area contributed by atoms with Crippen LogP contribution in [0.1, 0.15) is 24.3 Å². The summed E-state index contributed by atoms with van der Waals surface area (Å²) in [5, 5.41) is 11.1. The largest absolute Gasteiger partial charge is 0.493 e. The minimum Gasteiger partial charge on any atom is -0.493 e. The first-order chi connectivity index (χ1) is 14.2. The summed E-state index contributed by atoms with van der Waals surface area (Å²) in [5.41, 5.74) is 2.33. The Morgan fingerprint density at radius 3 is 2.67 bits per heavy atom. The summed E-state index contributed by atoms with van der Waals surface area (Å²) in [6.07, 6.45) is 2.23. The average molecular weight is 434 g/mol. The molecule has 1 saturated heterocycles. The van der Waals surface area contributed by atoms with Crippen molar-refractivity contribution in [1.29, 1.82) is 0 Å². The lowest BCUT2D eigenvalue weighted by Crippen LogP contribution is -2.46. The van der Waals surface area contributed by atoms with E-state index in [4.69, 9.17) is 9.47 Å². The van der Waals surface area contributed by atoms with Crippen LogP contribution in [-0.2, 0) is 0 Å². The maximum Gasteiger partial charge on any atom is 0.311 e. The van der Waals surface area contributed by atoms with Crippen LogP contribution in [0, 0.1) is 10.1 Å². The van der Waals surface area contributed by atoms with Gasteiger partial charge in [-0.25, -0.2) is 0 Å². The minimum absolute atomic E-state index is 0. The van der Waals surface area contributed by atoms with Crippen LogP contribution in [0.2, 0.25) is 0 Å². The van der Waals surface area contributed by atoms with Gasteiger partial charge in [-0.05, 0) is 43.0 Å². The first-order valence-electron chi connectivity index (χ1n) is 10.2. The van der Waals surface area contributed by atoms with Crippen LogP contribution in [-0.4, -0.2) is 56.3 Å². The Balaban J connectivity index is 0.00000256. The summed E-state index contributed by atoms with van der Waals surface area (Å²) in [5.74, 6) is 1.92. The summed E-state index contributed by atoms with van der Waals surface area (Å²) in [7, 11) is 1.47. The highest BCUT2D eigenvalue weighted by atomic mass is 35.5. The van der Waals surface area contributed by atoms with E-state index in [0.717, 1.165) is 63.6 Å². The Kier molecular flexibility index (Phi) is 7.39. The molecule has 1 unspecified atom stereocenters. The van der Waals surface area contributed by atoms with Gasteiger partial charge in [-0.1, -0.05) is 18.2 Å². The topological polar surface area (TPSA) is 68.1 Å². The molecular weight excluding hydrogens is 406 g/mol. The van der Waals surface area contributed by atoms with E-state index in [-0.39, 0.29) is 18.1 Å². The van der Waals surface area contributed by atoms with Gasteiger partial charge in [0, 0.05) is 44.0 Å². The van der Waals surface area contributed by atoms with Crippen LogP contribution < -0.4 is 14.4 Å². The Labute approximate surface area is 183 Å². The Hall–Kier alpha value is -2.51. The highest BCUT2D eigenvalue weighted by molar-refractivity contribution is 5.85. The lowest BCUT2D eigenvalue weighted by molar-refractivity contribution is -0.385. The second-order valence-corrected chi connectivity index (χ2v) is 7.60. The van der Waals surface area contributed by atoms with Gasteiger partial charge in [0.1, 0.15) is 5.75 Å². The van der Waals surface area contributed by atoms with E-state index < -0.39 is 4.92 Å². The normalized spacial score (nSPS) is 18.7. The number of methoxy groups -OCH3 is 1. The number of rotatable bonds is 6. The molecule has 0 bridgehead atoms. The number of anilines is 1. The Morgan fingerprint density at radius 2 is 1.93 bits per heavy atom. The fourth-order valence-electron chi connectivity index (χ4n) is 4.30. The summed E-state index contributed by atoms with van der Waals surface area (Å²) in [6, 6.07) is 13.5. The number of ether oxygens (including phenoxy) is 2. The molecular formula is C22H28ClN3O4. The number of para-hydroxylation sites is 1. The van der Waals surface area contributed by atoms with Gasteiger partial charge >= 0.3 is 5.69 Å². The number of nitrogens with zero attached hydrogens (tertiary/aromatic N) is 3. The molecule has 0 aromatic heterocycles. The third-order valence-corrected chi connectivity index (χ3v) is 5.97. The standard InChI is InChI=1S/C22H27N3O4.ClH/c1-28-22-16-18(6-7-20(22)25(26)27)24-13-11-23(12-14-24)10-8-17-9-15-29-21-5-3-2-4-19(17)21;/h2-7,16-17H,8-15H2,1H3;1H. The van der Waals surface area contributed by atoms with Gasteiger partial charge in [-0.15, -0.1) is 12.4 Å². The van der Waals surface area contributed by atoms with E-state index in [1.165, 1.54) is 18.7 Å². The summed E-state index contributed by atoms with van der Waals surface area (Å²) in [6.45, 7) is 5.68. The SMILES string of the molecule is COc1cc(N2CCN(CCC3CCOc4ccccc43)CC2)ccc1[N+](=O)[O-].Cl. The fourth-order valence-corrected chi connectivity index (χ4v) is 4.30. The summed E-state index contributed by atoms with van der Waals surface area (Å²) in [4.78, 5) is 15.5. The second kappa shape index (κ2) is 10.00. The first-order valence-corrected chi connectivity index (χ1v) is 10.2. The average Bonchev–Trinajstić information content (AvgIpc) is 2.77. The van der Waals surface area contributed by atoms with Gasteiger partial charge in [-0.3, -0.25) is 15.0 Å². The van der Waals surface area contributed by atoms with E-state index in [1.807, 2.05) is 12.1 Å². The zero-order valence-corrected chi connectivity index (χ0v) is 18.0. The molecule has 0 radical (unpaired) electrons. The summed E-state index contributed by atoms with van der Waals surface area (Å²) >= 11 is 0. The number of halogens is 1. The molecule has 8 heteroatoms. The van der Waals surface area contributed by atoms with Crippen molar-refractivity contribution in [2.75, 3.05) is 51.3 Å². The smallest absolute Gasteiger partial charge is 0.311 e. The van der Waals surface area contributed by atoms with Crippen LogP contribution >= 0.6 is 12.4 Å². The number of piperazine rings is 1. The molecule has 2 aromatic rings. The van der Waals surface area contributed by atoms with Crippen molar-refractivity contribution in [2.45, 2.75) is 18.8 Å². The molecule has 1 fully saturated rings. The molecule has 0 saturated carbocycles. The second-order valence-electron chi connectivity index (χ2n) is 7.60. The van der Waals surface area contributed by atoms with Crippen molar-refractivity contribution in [2.24, 2.45) is 0 Å². The number of nitro benzene ring substituents is 1. The van der Waals surface area contributed by atoms with E-state index in [2.05, 4.69) is 28.0 Å². The van der Waals surface area contributed by atoms with Gasteiger partial charge in [0.05, 0.1) is 18.6 Å². The number of nitro groups is 1. The highest BCUT2D eigenvalue weighted by Gasteiger charge is 2.24. The quantitative estimate of drug-likeness (QED) is 0.504. The molecule has 0 amide bonds. The van der Waals surface area contributed by atoms with Crippen molar-refractivity contribution in [3.63, 3.8) is 0 Å². The van der Waals surface area contributed by atoms with Crippen LogP contribution in [0.4, 0.5) is 11.4 Å². The zero-order valence-electron chi connectivity index (χ0n) is 17.2. The number of hydrogen-bond acceptors (Lipinski definition) is 6. The number of hydrogen-bond donors (Lipinski definition) is 0. The predicted molar refractivity (Wildman–Crippen MR) is 119 cm³/mol. The third kappa shape index (κ3) is 4.79. The first kappa shape index (κ1) is 22.2. The maximum atomic E-state index is 11.1. The lowest BCUT2D eigenvalue weighted by atomic mass is 9.90. The van der Waals surface area contributed by atoms with Crippen LogP contribution in [0.5, 0.6) is 11.5 Å². The molecule has 162 valence electrons. The molecule has 2 heterocycles. The highest BCUT2D eigenvalue weighted by Crippen LogP contribution is 2.36. The van der Waals surface area contributed by atoms with Gasteiger partial charge in [0.15, 0.2) is 5.75 Å². The van der Waals surface area contributed by atoms with Gasteiger partial charge in [0.2, 0.25) is 0 Å². The van der Waals surface area contributed by atoms with Crippen molar-refractivity contribution >= 4 is 23.8 Å². The van der Waals surface area contributed by atoms with Gasteiger partial charge in [-0.2, -0.15) is 0 Å². The minimum atomic E-state index is -0.408. The van der Waals surface area contributed by atoms with Gasteiger partial charge < -0.3 is 14.4 Å². The summed E-state index contributed by atoms with van der Waals surface area (Å²) < 4.78 is 11.0. The van der Waals surface area contributed by atoms with Crippen molar-refractivity contribution in [1.82, 2.24) is 4.90 Å². The maximum absolute atomic E-state index is 11.1. The zero-order chi connectivity index (χ0) is 20.2. The van der Waals surface area contributed by atoms with Crippen molar-refractivity contribution < 1.29 is 14.4 Å². The van der Waals surface area contributed by atoms with E-state index in [0.29, 0.717) is 11.7 Å². The Bertz CT molecular complexity index is 871. The molecule has 2 aromatic carbocycles. The van der Waals surface area contributed by atoms with Crippen molar-refractivity contribution in [3.05, 3.63) is 58.1 Å². The number of fused-ring (bicyclic) bond motifs is 1. The predicted octanol–water partition coefficient (Wildman–Crippen LogP) is 4.10.